The Kier molecular flexibility index (Phi) is 9.29. The average molecular weight is 595 g/mol. The third-order valence-electron chi connectivity index (χ3n) is 4.57. The number of esters is 1. The summed E-state index contributed by atoms with van der Waals surface area (Å²) in [5.41, 5.74) is 2.84. The van der Waals surface area contributed by atoms with Crippen LogP contribution in [0.2, 0.25) is 10.0 Å². The van der Waals surface area contributed by atoms with Crippen LogP contribution in [-0.2, 0) is 9.59 Å². The van der Waals surface area contributed by atoms with Crippen LogP contribution in [-0.4, -0.2) is 38.2 Å². The Morgan fingerprint density at radius 1 is 0.917 bits per heavy atom. The lowest BCUT2D eigenvalue weighted by molar-refractivity contribution is -0.136. The van der Waals surface area contributed by atoms with Crippen LogP contribution in [0.5, 0.6) is 17.2 Å². The van der Waals surface area contributed by atoms with Crippen LogP contribution >= 0.6 is 39.1 Å². The zero-order chi connectivity index (χ0) is 26.2. The number of nitrogens with one attached hydrogen (secondary N) is 2. The highest BCUT2D eigenvalue weighted by Gasteiger charge is 2.17. The van der Waals surface area contributed by atoms with Gasteiger partial charge in [0, 0.05) is 10.0 Å². The predicted octanol–water partition coefficient (Wildman–Crippen LogP) is 5.08. The number of anilines is 1. The van der Waals surface area contributed by atoms with Crippen LogP contribution in [0.15, 0.2) is 64.2 Å². The number of hydrogen-bond donors (Lipinski definition) is 2. The minimum atomic E-state index is -1.05. The van der Waals surface area contributed by atoms with Crippen molar-refractivity contribution in [1.82, 2.24) is 5.43 Å². The van der Waals surface area contributed by atoms with Gasteiger partial charge in [-0.2, -0.15) is 5.10 Å². The van der Waals surface area contributed by atoms with E-state index in [9.17, 15) is 14.4 Å². The van der Waals surface area contributed by atoms with Crippen molar-refractivity contribution in [2.24, 2.45) is 5.10 Å². The van der Waals surface area contributed by atoms with E-state index in [1.165, 1.54) is 44.7 Å². The van der Waals surface area contributed by atoms with Gasteiger partial charge in [0.1, 0.15) is 5.75 Å². The lowest BCUT2D eigenvalue weighted by atomic mass is 10.2. The third kappa shape index (κ3) is 6.75. The second kappa shape index (κ2) is 12.4. The molecule has 2 N–H and O–H groups in total. The molecule has 36 heavy (non-hydrogen) atoms. The van der Waals surface area contributed by atoms with Crippen molar-refractivity contribution < 1.29 is 28.6 Å². The minimum absolute atomic E-state index is 0.0962. The maximum atomic E-state index is 12.7. The molecule has 186 valence electrons. The lowest BCUT2D eigenvalue weighted by Gasteiger charge is -2.11. The van der Waals surface area contributed by atoms with Crippen molar-refractivity contribution in [3.05, 3.63) is 80.2 Å². The van der Waals surface area contributed by atoms with Crippen molar-refractivity contribution in [3.63, 3.8) is 0 Å². The van der Waals surface area contributed by atoms with Crippen LogP contribution < -0.4 is 25.0 Å². The molecule has 0 heterocycles. The molecule has 3 aromatic rings. The first-order chi connectivity index (χ1) is 17.2. The first-order valence-corrected chi connectivity index (χ1v) is 11.6. The topological polar surface area (TPSA) is 115 Å². The number of carbonyl (C=O) groups is 3. The zero-order valence-corrected chi connectivity index (χ0v) is 21.9. The molecular formula is C24H18BrCl2N3O6. The summed E-state index contributed by atoms with van der Waals surface area (Å²) < 4.78 is 16.5. The number of methoxy groups -OCH3 is 2. The minimum Gasteiger partial charge on any atom is -0.493 e. The van der Waals surface area contributed by atoms with Gasteiger partial charge in [0.2, 0.25) is 0 Å². The highest BCUT2D eigenvalue weighted by molar-refractivity contribution is 9.10. The van der Waals surface area contributed by atoms with Gasteiger partial charge in [-0.3, -0.25) is 9.59 Å². The number of nitrogens with zero attached hydrogens (tertiary/aromatic N) is 1. The summed E-state index contributed by atoms with van der Waals surface area (Å²) in [5, 5.41) is 6.44. The molecule has 0 saturated carbocycles. The Hall–Kier alpha value is -3.60. The predicted molar refractivity (Wildman–Crippen MR) is 139 cm³/mol. The number of rotatable bonds is 7. The molecule has 0 aromatic heterocycles. The van der Waals surface area contributed by atoms with E-state index < -0.39 is 17.8 Å². The Labute approximate surface area is 224 Å². The highest BCUT2D eigenvalue weighted by atomic mass is 79.9. The molecule has 0 fully saturated rings. The molecule has 3 aromatic carbocycles. The van der Waals surface area contributed by atoms with Crippen molar-refractivity contribution >= 4 is 68.8 Å². The van der Waals surface area contributed by atoms with E-state index in [1.807, 2.05) is 0 Å². The number of ether oxygens (including phenoxy) is 3. The van der Waals surface area contributed by atoms with Crippen LogP contribution in [0.1, 0.15) is 15.9 Å². The Bertz CT molecular complexity index is 1350. The summed E-state index contributed by atoms with van der Waals surface area (Å²) in [7, 11) is 2.94. The summed E-state index contributed by atoms with van der Waals surface area (Å²) in [6, 6.07) is 14.0. The van der Waals surface area contributed by atoms with E-state index in [0.29, 0.717) is 21.5 Å². The molecular weight excluding hydrogens is 577 g/mol. The van der Waals surface area contributed by atoms with Gasteiger partial charge in [0.15, 0.2) is 11.5 Å². The standard InChI is InChI=1S/C24H18BrCl2N3O6/c1-34-19-8-6-13(11-20(19)35-2)24(33)36-18-9-7-15(25)10-14(18)12-28-30-23(32)22(31)29-17-5-3-4-16(26)21(17)27/h3-12H,1-2H3,(H,29,31)(H,30,32)/b28-12-. The number of halogens is 3. The van der Waals surface area contributed by atoms with Gasteiger partial charge < -0.3 is 19.5 Å². The SMILES string of the molecule is COc1ccc(C(=O)Oc2ccc(Br)cc2/C=N\NC(=O)C(=O)Nc2cccc(Cl)c2Cl)cc1OC. The van der Waals surface area contributed by atoms with Gasteiger partial charge in [-0.15, -0.1) is 0 Å². The van der Waals surface area contributed by atoms with E-state index in [4.69, 9.17) is 37.4 Å². The zero-order valence-electron chi connectivity index (χ0n) is 18.8. The summed E-state index contributed by atoms with van der Waals surface area (Å²) in [6.07, 6.45) is 1.22. The second-order valence-electron chi connectivity index (χ2n) is 6.90. The number of hydrazone groups is 1. The molecule has 3 rings (SSSR count). The molecule has 0 aliphatic carbocycles. The largest absolute Gasteiger partial charge is 0.493 e. The number of carbonyl (C=O) groups excluding carboxylic acids is 3. The normalized spacial score (nSPS) is 10.6. The van der Waals surface area contributed by atoms with E-state index in [0.717, 1.165) is 0 Å². The van der Waals surface area contributed by atoms with E-state index in [1.54, 1.807) is 30.3 Å². The molecule has 0 spiro atoms. The molecule has 12 heteroatoms. The Morgan fingerprint density at radius 2 is 1.64 bits per heavy atom. The number of amides is 2. The third-order valence-corrected chi connectivity index (χ3v) is 5.88. The highest BCUT2D eigenvalue weighted by Crippen LogP contribution is 2.30. The van der Waals surface area contributed by atoms with Crippen LogP contribution in [0.3, 0.4) is 0 Å². The second-order valence-corrected chi connectivity index (χ2v) is 8.60. The molecule has 9 nitrogen and oxygen atoms in total. The lowest BCUT2D eigenvalue weighted by Crippen LogP contribution is -2.32. The van der Waals surface area contributed by atoms with Crippen LogP contribution in [0.4, 0.5) is 5.69 Å². The first-order valence-electron chi connectivity index (χ1n) is 10.1. The fourth-order valence-corrected chi connectivity index (χ4v) is 3.55. The molecule has 0 bridgehead atoms. The van der Waals surface area contributed by atoms with E-state index in [-0.39, 0.29) is 27.0 Å². The van der Waals surface area contributed by atoms with Crippen molar-refractivity contribution in [3.8, 4) is 17.2 Å². The number of hydrogen-bond acceptors (Lipinski definition) is 7. The quantitative estimate of drug-likeness (QED) is 0.130. The van der Waals surface area contributed by atoms with Gasteiger partial charge in [-0.05, 0) is 48.5 Å². The average Bonchev–Trinajstić information content (AvgIpc) is 2.87. The van der Waals surface area contributed by atoms with Crippen molar-refractivity contribution in [2.45, 2.75) is 0 Å². The van der Waals surface area contributed by atoms with Gasteiger partial charge >= 0.3 is 17.8 Å². The molecule has 2 amide bonds. The molecule has 0 saturated heterocycles. The van der Waals surface area contributed by atoms with Gasteiger partial charge in [-0.25, -0.2) is 10.2 Å². The van der Waals surface area contributed by atoms with Gasteiger partial charge in [0.05, 0.1) is 41.7 Å². The number of benzene rings is 3. The first kappa shape index (κ1) is 27.0. The fourth-order valence-electron chi connectivity index (χ4n) is 2.83. The van der Waals surface area contributed by atoms with Gasteiger partial charge in [-0.1, -0.05) is 45.2 Å². The van der Waals surface area contributed by atoms with Crippen LogP contribution in [0, 0.1) is 0 Å². The molecule has 0 atom stereocenters. The maximum absolute atomic E-state index is 12.7. The maximum Gasteiger partial charge on any atom is 0.343 e. The van der Waals surface area contributed by atoms with Gasteiger partial charge in [0.25, 0.3) is 0 Å². The summed E-state index contributed by atoms with van der Waals surface area (Å²) in [4.78, 5) is 37.0. The monoisotopic (exact) mass is 593 g/mol. The molecule has 0 radical (unpaired) electrons. The Morgan fingerprint density at radius 3 is 2.36 bits per heavy atom. The fraction of sp³-hybridized carbons (Fsp3) is 0.0833. The summed E-state index contributed by atoms with van der Waals surface area (Å²) in [5.74, 6) is -1.74. The van der Waals surface area contributed by atoms with E-state index >= 15 is 0 Å². The smallest absolute Gasteiger partial charge is 0.343 e. The summed E-state index contributed by atoms with van der Waals surface area (Å²) >= 11 is 15.2. The van der Waals surface area contributed by atoms with Crippen molar-refractivity contribution in [1.29, 1.82) is 0 Å². The molecule has 0 aliphatic rings. The Balaban J connectivity index is 1.70. The van der Waals surface area contributed by atoms with Crippen LogP contribution in [0.25, 0.3) is 0 Å². The molecule has 0 aliphatic heterocycles. The van der Waals surface area contributed by atoms with E-state index in [2.05, 4.69) is 31.8 Å². The molecule has 0 unspecified atom stereocenters. The summed E-state index contributed by atoms with van der Waals surface area (Å²) in [6.45, 7) is 0. The van der Waals surface area contributed by atoms with Crippen molar-refractivity contribution in [2.75, 3.05) is 19.5 Å².